The second-order valence-corrected chi connectivity index (χ2v) is 5.66. The van der Waals surface area contributed by atoms with Gasteiger partial charge < -0.3 is 9.47 Å². The van der Waals surface area contributed by atoms with Gasteiger partial charge in [0.25, 0.3) is 0 Å². The van der Waals surface area contributed by atoms with Crippen LogP contribution >= 0.6 is 0 Å². The van der Waals surface area contributed by atoms with Crippen molar-refractivity contribution in [3.05, 3.63) is 83.9 Å². The number of ether oxygens (including phenoxy) is 2. The molecule has 1 amide bonds. The van der Waals surface area contributed by atoms with Crippen molar-refractivity contribution in [3.63, 3.8) is 0 Å². The van der Waals surface area contributed by atoms with E-state index in [9.17, 15) is 9.59 Å². The zero-order chi connectivity index (χ0) is 17.5. The van der Waals surface area contributed by atoms with Crippen molar-refractivity contribution < 1.29 is 19.1 Å². The first-order chi connectivity index (χ1) is 12.2. The quantitative estimate of drug-likeness (QED) is 0.620. The van der Waals surface area contributed by atoms with Gasteiger partial charge in [-0.15, -0.1) is 0 Å². The molecule has 3 rings (SSSR count). The molecule has 0 spiro atoms. The van der Waals surface area contributed by atoms with Crippen LogP contribution in [0.25, 0.3) is 0 Å². The lowest BCUT2D eigenvalue weighted by molar-refractivity contribution is -0.148. The topological polar surface area (TPSA) is 55.8 Å². The number of carbonyl (C=O) groups is 2. The number of hydrogen-bond acceptors (Lipinski definition) is 4. The third-order valence-corrected chi connectivity index (χ3v) is 3.86. The van der Waals surface area contributed by atoms with Crippen molar-refractivity contribution in [3.8, 4) is 0 Å². The van der Waals surface area contributed by atoms with Crippen LogP contribution in [0.5, 0.6) is 0 Å². The maximum Gasteiger partial charge on any atom is 0.411 e. The average molecular weight is 337 g/mol. The molecular weight excluding hydrogens is 318 g/mol. The summed E-state index contributed by atoms with van der Waals surface area (Å²) in [7, 11) is 0. The summed E-state index contributed by atoms with van der Waals surface area (Å²) in [6, 6.07) is 18.1. The Morgan fingerprint density at radius 3 is 2.04 bits per heavy atom. The second kappa shape index (κ2) is 8.15. The summed E-state index contributed by atoms with van der Waals surface area (Å²) in [6.07, 6.45) is 2.89. The molecule has 0 fully saturated rings. The van der Waals surface area contributed by atoms with E-state index in [1.165, 1.54) is 4.90 Å². The minimum atomic E-state index is -0.744. The molecule has 1 atom stereocenters. The highest BCUT2D eigenvalue weighted by Gasteiger charge is 2.32. The molecule has 25 heavy (non-hydrogen) atoms. The standard InChI is InChI=1S/C20H19NO4/c22-19(24-14-16-8-3-1-4-9-16)18-12-7-13-21(18)20(23)25-15-17-10-5-2-6-11-17/h1-12,18H,13-15H2/t18-/m1/s1. The van der Waals surface area contributed by atoms with Crippen LogP contribution in [0.15, 0.2) is 72.8 Å². The molecule has 0 bridgehead atoms. The van der Waals surface area contributed by atoms with Crippen LogP contribution in [-0.2, 0) is 27.5 Å². The third kappa shape index (κ3) is 4.47. The Balaban J connectivity index is 1.53. The van der Waals surface area contributed by atoms with Crippen molar-refractivity contribution in [1.29, 1.82) is 0 Å². The van der Waals surface area contributed by atoms with E-state index in [4.69, 9.17) is 9.47 Å². The van der Waals surface area contributed by atoms with E-state index < -0.39 is 18.1 Å². The molecule has 128 valence electrons. The lowest BCUT2D eigenvalue weighted by Crippen LogP contribution is -2.42. The van der Waals surface area contributed by atoms with E-state index in [-0.39, 0.29) is 13.2 Å². The van der Waals surface area contributed by atoms with E-state index in [1.807, 2.05) is 60.7 Å². The molecule has 5 heteroatoms. The molecule has 0 saturated heterocycles. The Hall–Kier alpha value is -3.08. The summed E-state index contributed by atoms with van der Waals surface area (Å²) < 4.78 is 10.6. The van der Waals surface area contributed by atoms with Crippen molar-refractivity contribution in [2.45, 2.75) is 19.3 Å². The summed E-state index contributed by atoms with van der Waals surface area (Å²) in [4.78, 5) is 25.9. The summed E-state index contributed by atoms with van der Waals surface area (Å²) in [5, 5.41) is 0. The van der Waals surface area contributed by atoms with Crippen molar-refractivity contribution in [2.24, 2.45) is 0 Å². The normalized spacial score (nSPS) is 15.8. The number of rotatable bonds is 5. The predicted octanol–water partition coefficient (Wildman–Crippen LogP) is 3.31. The number of amides is 1. The molecular formula is C20H19NO4. The van der Waals surface area contributed by atoms with Crippen molar-refractivity contribution >= 4 is 12.1 Å². The van der Waals surface area contributed by atoms with Gasteiger partial charge in [-0.05, 0) is 11.1 Å². The maximum atomic E-state index is 12.3. The van der Waals surface area contributed by atoms with Crippen LogP contribution in [0.1, 0.15) is 11.1 Å². The van der Waals surface area contributed by atoms with Crippen molar-refractivity contribution in [2.75, 3.05) is 6.54 Å². The van der Waals surface area contributed by atoms with Gasteiger partial charge in [0.15, 0.2) is 6.04 Å². The fraction of sp³-hybridized carbons (Fsp3) is 0.200. The molecule has 0 unspecified atom stereocenters. The molecule has 5 nitrogen and oxygen atoms in total. The lowest BCUT2D eigenvalue weighted by Gasteiger charge is -2.22. The minimum Gasteiger partial charge on any atom is -0.459 e. The number of hydrogen-bond donors (Lipinski definition) is 0. The molecule has 0 N–H and O–H groups in total. The smallest absolute Gasteiger partial charge is 0.411 e. The zero-order valence-electron chi connectivity index (χ0n) is 13.7. The minimum absolute atomic E-state index is 0.169. The highest BCUT2D eigenvalue weighted by molar-refractivity contribution is 5.84. The number of nitrogens with zero attached hydrogens (tertiary/aromatic N) is 1. The third-order valence-electron chi connectivity index (χ3n) is 3.86. The van der Waals surface area contributed by atoms with Crippen LogP contribution in [0.4, 0.5) is 4.79 Å². The van der Waals surface area contributed by atoms with Gasteiger partial charge in [0, 0.05) is 6.54 Å². The molecule has 0 aliphatic carbocycles. The molecule has 1 aliphatic rings. The van der Waals surface area contributed by atoms with Gasteiger partial charge in [0.1, 0.15) is 13.2 Å². The molecule has 1 aliphatic heterocycles. The van der Waals surface area contributed by atoms with Gasteiger partial charge in [-0.2, -0.15) is 0 Å². The number of carbonyl (C=O) groups excluding carboxylic acids is 2. The van der Waals surface area contributed by atoms with E-state index in [0.717, 1.165) is 11.1 Å². The highest BCUT2D eigenvalue weighted by atomic mass is 16.6. The van der Waals surface area contributed by atoms with E-state index in [1.54, 1.807) is 12.2 Å². The Bertz CT molecular complexity index is 743. The predicted molar refractivity (Wildman–Crippen MR) is 92.5 cm³/mol. The van der Waals surface area contributed by atoms with Gasteiger partial charge in [-0.3, -0.25) is 4.90 Å². The summed E-state index contributed by atoms with van der Waals surface area (Å²) in [5.41, 5.74) is 1.79. The molecule has 0 radical (unpaired) electrons. The van der Waals surface area contributed by atoms with E-state index in [0.29, 0.717) is 6.54 Å². The van der Waals surface area contributed by atoms with E-state index >= 15 is 0 Å². The maximum absolute atomic E-state index is 12.3. The fourth-order valence-corrected chi connectivity index (χ4v) is 2.53. The van der Waals surface area contributed by atoms with Crippen LogP contribution in [-0.4, -0.2) is 29.5 Å². The SMILES string of the molecule is O=C(OCc1ccccc1)[C@H]1C=CCN1C(=O)OCc1ccccc1. The van der Waals surface area contributed by atoms with Gasteiger partial charge in [0.05, 0.1) is 0 Å². The lowest BCUT2D eigenvalue weighted by atomic mass is 10.2. The average Bonchev–Trinajstić information content (AvgIpc) is 3.16. The van der Waals surface area contributed by atoms with Gasteiger partial charge >= 0.3 is 12.1 Å². The largest absolute Gasteiger partial charge is 0.459 e. The van der Waals surface area contributed by atoms with Crippen LogP contribution in [0.3, 0.4) is 0 Å². The second-order valence-electron chi connectivity index (χ2n) is 5.66. The highest BCUT2D eigenvalue weighted by Crippen LogP contribution is 2.15. The molecule has 2 aromatic rings. The summed E-state index contributed by atoms with van der Waals surface area (Å²) >= 11 is 0. The zero-order valence-corrected chi connectivity index (χ0v) is 13.7. The first-order valence-electron chi connectivity index (χ1n) is 8.08. The molecule has 0 saturated carbocycles. The molecule has 0 aromatic heterocycles. The number of benzene rings is 2. The number of esters is 1. The molecule has 1 heterocycles. The van der Waals surface area contributed by atoms with Crippen LogP contribution in [0.2, 0.25) is 0 Å². The summed E-state index contributed by atoms with van der Waals surface area (Å²) in [6.45, 7) is 0.678. The fourth-order valence-electron chi connectivity index (χ4n) is 2.53. The Morgan fingerprint density at radius 1 is 0.880 bits per heavy atom. The Labute approximate surface area is 146 Å². The van der Waals surface area contributed by atoms with Crippen LogP contribution in [0, 0.1) is 0 Å². The van der Waals surface area contributed by atoms with E-state index in [2.05, 4.69) is 0 Å². The Morgan fingerprint density at radius 2 is 1.44 bits per heavy atom. The summed E-state index contributed by atoms with van der Waals surface area (Å²) in [5.74, 6) is -0.464. The van der Waals surface area contributed by atoms with Gasteiger partial charge in [0.2, 0.25) is 0 Å². The monoisotopic (exact) mass is 337 g/mol. The first kappa shape index (κ1) is 16.8. The van der Waals surface area contributed by atoms with Crippen molar-refractivity contribution in [1.82, 2.24) is 4.90 Å². The molecule has 2 aromatic carbocycles. The van der Waals surface area contributed by atoms with Gasteiger partial charge in [-0.1, -0.05) is 72.8 Å². The van der Waals surface area contributed by atoms with Crippen LogP contribution < -0.4 is 0 Å². The first-order valence-corrected chi connectivity index (χ1v) is 8.08. The van der Waals surface area contributed by atoms with Gasteiger partial charge in [-0.25, -0.2) is 9.59 Å². The Kier molecular flexibility index (Phi) is 5.46.